The fourth-order valence-electron chi connectivity index (χ4n) is 0.993. The van der Waals surface area contributed by atoms with Crippen LogP contribution in [0.4, 0.5) is 0 Å². The first-order valence-corrected chi connectivity index (χ1v) is 5.04. The molecule has 14 heavy (non-hydrogen) atoms. The van der Waals surface area contributed by atoms with E-state index < -0.39 is 0 Å². The lowest BCUT2D eigenvalue weighted by molar-refractivity contribution is 0.0953. The van der Waals surface area contributed by atoms with Gasteiger partial charge >= 0.3 is 0 Å². The van der Waals surface area contributed by atoms with E-state index in [0.29, 0.717) is 12.1 Å². The Hall–Kier alpha value is -0.700. The quantitative estimate of drug-likeness (QED) is 0.211. The van der Waals surface area contributed by atoms with Gasteiger partial charge in [0.15, 0.2) is 0 Å². The largest absolute Gasteiger partial charge is 0.290 e. The molecule has 5 N–H and O–H groups in total. The minimum atomic E-state index is -0.281. The summed E-state index contributed by atoms with van der Waals surface area (Å²) in [6.07, 6.45) is 0. The zero-order valence-electron chi connectivity index (χ0n) is 7.38. The highest BCUT2D eigenvalue weighted by Crippen LogP contribution is 2.03. The van der Waals surface area contributed by atoms with E-state index in [1.54, 1.807) is 12.1 Å². The lowest BCUT2D eigenvalue weighted by atomic mass is 10.1. The smallest absolute Gasteiger partial charge is 0.265 e. The Kier molecular flexibility index (Phi) is 4.80. The first-order valence-electron chi connectivity index (χ1n) is 3.96. The van der Waals surface area contributed by atoms with Crippen LogP contribution in [0.1, 0.15) is 15.9 Å². The van der Waals surface area contributed by atoms with Crippen molar-refractivity contribution in [1.82, 2.24) is 14.5 Å². The zero-order chi connectivity index (χ0) is 10.4. The molecule has 5 nitrogen and oxygen atoms in total. The van der Waals surface area contributed by atoms with Crippen molar-refractivity contribution in [3.63, 3.8) is 0 Å². The summed E-state index contributed by atoms with van der Waals surface area (Å²) in [6.45, 7) is 0.702. The van der Waals surface area contributed by atoms with E-state index in [1.807, 2.05) is 35.0 Å². The van der Waals surface area contributed by atoms with Crippen LogP contribution >= 0.6 is 22.9 Å². The van der Waals surface area contributed by atoms with E-state index >= 15 is 0 Å². The topological polar surface area (TPSA) is 79.2 Å². The second-order valence-corrected chi connectivity index (χ2v) is 3.16. The number of amides is 1. The van der Waals surface area contributed by atoms with Gasteiger partial charge in [0.1, 0.15) is 0 Å². The third-order valence-corrected chi connectivity index (χ3v) is 2.09. The predicted molar refractivity (Wildman–Crippen MR) is 62.1 cm³/mol. The molecule has 0 heterocycles. The lowest BCUT2D eigenvalue weighted by Gasteiger charge is -2.03. The Morgan fingerprint density at radius 3 is 2.50 bits per heavy atom. The van der Waals surface area contributed by atoms with Gasteiger partial charge in [0.2, 0.25) is 0 Å². The van der Waals surface area contributed by atoms with E-state index in [2.05, 4.69) is 14.5 Å². The monoisotopic (exact) mass is 306 g/mol. The number of nitrogens with two attached hydrogens (primary N) is 1. The van der Waals surface area contributed by atoms with Gasteiger partial charge in [0.05, 0.1) is 0 Å². The van der Waals surface area contributed by atoms with Crippen molar-refractivity contribution in [2.45, 2.75) is 6.54 Å². The normalized spacial score (nSPS) is 9.86. The molecule has 0 aliphatic heterocycles. The summed E-state index contributed by atoms with van der Waals surface area (Å²) in [4.78, 5) is 11.1. The summed E-state index contributed by atoms with van der Waals surface area (Å²) in [7, 11) is 0. The standard InChI is InChI=1S/C8H11IN4O/c9-13-11-5-6-1-3-7(4-2-6)8(14)12-10/h1-4,11,13H,5,10H2,(H,12,14). The van der Waals surface area contributed by atoms with Crippen LogP contribution in [-0.2, 0) is 6.54 Å². The van der Waals surface area contributed by atoms with E-state index in [4.69, 9.17) is 5.84 Å². The number of nitrogens with one attached hydrogen (secondary N) is 3. The van der Waals surface area contributed by atoms with Gasteiger partial charge in [0, 0.05) is 35.0 Å². The highest BCUT2D eigenvalue weighted by atomic mass is 127. The summed E-state index contributed by atoms with van der Waals surface area (Å²) in [5.41, 5.74) is 6.65. The molecule has 76 valence electrons. The maximum Gasteiger partial charge on any atom is 0.265 e. The Morgan fingerprint density at radius 2 is 2.00 bits per heavy atom. The number of rotatable bonds is 4. The summed E-state index contributed by atoms with van der Waals surface area (Å²) >= 11 is 2.00. The molecule has 0 saturated carbocycles. The van der Waals surface area contributed by atoms with Crippen molar-refractivity contribution >= 4 is 28.8 Å². The molecule has 0 unspecified atom stereocenters. The lowest BCUT2D eigenvalue weighted by Crippen LogP contribution is -2.30. The molecule has 6 heteroatoms. The number of hydrazine groups is 2. The van der Waals surface area contributed by atoms with Crippen LogP contribution in [0.5, 0.6) is 0 Å². The second-order valence-electron chi connectivity index (χ2n) is 2.62. The van der Waals surface area contributed by atoms with Crippen LogP contribution in [-0.4, -0.2) is 5.91 Å². The molecule has 0 aromatic heterocycles. The Balaban J connectivity index is 2.63. The molecule has 0 saturated heterocycles. The predicted octanol–water partition coefficient (Wildman–Crippen LogP) is 0.234. The Morgan fingerprint density at radius 1 is 1.36 bits per heavy atom. The summed E-state index contributed by atoms with van der Waals surface area (Å²) in [5, 5.41) is 0. The van der Waals surface area contributed by atoms with Crippen molar-refractivity contribution in [3.05, 3.63) is 35.4 Å². The first-order chi connectivity index (χ1) is 6.77. The number of hydrogen-bond acceptors (Lipinski definition) is 4. The molecule has 0 aliphatic carbocycles. The third kappa shape index (κ3) is 3.22. The van der Waals surface area contributed by atoms with Crippen LogP contribution < -0.4 is 20.3 Å². The number of benzene rings is 1. The minimum Gasteiger partial charge on any atom is -0.290 e. The fourth-order valence-corrected chi connectivity index (χ4v) is 1.18. The van der Waals surface area contributed by atoms with Crippen molar-refractivity contribution in [2.24, 2.45) is 5.84 Å². The Bertz CT molecular complexity index is 301. The zero-order valence-corrected chi connectivity index (χ0v) is 9.54. The number of hydrogen-bond donors (Lipinski definition) is 4. The Labute approximate surface area is 95.9 Å². The number of halogens is 1. The molecule has 1 aromatic rings. The van der Waals surface area contributed by atoms with Crippen molar-refractivity contribution < 1.29 is 4.79 Å². The molecular weight excluding hydrogens is 295 g/mol. The average molecular weight is 306 g/mol. The maximum absolute atomic E-state index is 11.1. The van der Waals surface area contributed by atoms with Gasteiger partial charge in [-0.15, -0.1) is 0 Å². The van der Waals surface area contributed by atoms with Crippen molar-refractivity contribution in [1.29, 1.82) is 0 Å². The molecule has 1 aromatic carbocycles. The summed E-state index contributed by atoms with van der Waals surface area (Å²) in [6, 6.07) is 7.19. The van der Waals surface area contributed by atoms with Gasteiger partial charge in [-0.25, -0.2) is 11.3 Å². The summed E-state index contributed by atoms with van der Waals surface area (Å²) in [5.74, 6) is 4.72. The van der Waals surface area contributed by atoms with E-state index in [1.165, 1.54) is 0 Å². The molecule has 1 rings (SSSR count). The first kappa shape index (κ1) is 11.4. The van der Waals surface area contributed by atoms with Crippen molar-refractivity contribution in [3.8, 4) is 0 Å². The van der Waals surface area contributed by atoms with E-state index in [0.717, 1.165) is 5.56 Å². The van der Waals surface area contributed by atoms with Gasteiger partial charge in [-0.3, -0.25) is 10.2 Å². The molecule has 0 aliphatic rings. The second kappa shape index (κ2) is 5.91. The van der Waals surface area contributed by atoms with Crippen LogP contribution in [0.2, 0.25) is 0 Å². The molecule has 0 fully saturated rings. The molecule has 0 atom stereocenters. The van der Waals surface area contributed by atoms with Gasteiger partial charge in [0.25, 0.3) is 5.91 Å². The fraction of sp³-hybridized carbons (Fsp3) is 0.125. The number of carbonyl (C=O) groups excluding carboxylic acids is 1. The molecule has 1 amide bonds. The maximum atomic E-state index is 11.1. The van der Waals surface area contributed by atoms with Crippen LogP contribution in [0.15, 0.2) is 24.3 Å². The van der Waals surface area contributed by atoms with Crippen LogP contribution in [0, 0.1) is 0 Å². The van der Waals surface area contributed by atoms with Gasteiger partial charge in [-0.1, -0.05) is 12.1 Å². The SMILES string of the molecule is NNC(=O)c1ccc(CNNI)cc1. The van der Waals surface area contributed by atoms with Gasteiger partial charge in [-0.05, 0) is 17.7 Å². The minimum absolute atomic E-state index is 0.281. The van der Waals surface area contributed by atoms with Gasteiger partial charge in [-0.2, -0.15) is 3.64 Å². The number of carbonyl (C=O) groups is 1. The highest BCUT2D eigenvalue weighted by Gasteiger charge is 2.01. The van der Waals surface area contributed by atoms with E-state index in [-0.39, 0.29) is 5.91 Å². The average Bonchev–Trinajstić information content (AvgIpc) is 2.26. The summed E-state index contributed by atoms with van der Waals surface area (Å²) < 4.78 is 2.79. The van der Waals surface area contributed by atoms with Crippen LogP contribution in [0.25, 0.3) is 0 Å². The molecule has 0 spiro atoms. The van der Waals surface area contributed by atoms with Crippen molar-refractivity contribution in [2.75, 3.05) is 0 Å². The highest BCUT2D eigenvalue weighted by molar-refractivity contribution is 14.1. The number of nitrogen functional groups attached to an aromatic ring is 1. The van der Waals surface area contributed by atoms with Crippen LogP contribution in [0.3, 0.4) is 0 Å². The molecule has 0 bridgehead atoms. The van der Waals surface area contributed by atoms with E-state index in [9.17, 15) is 4.79 Å². The van der Waals surface area contributed by atoms with Gasteiger partial charge < -0.3 is 0 Å². The molecule has 0 radical (unpaired) electrons. The molecular formula is C8H11IN4O. The third-order valence-electron chi connectivity index (χ3n) is 1.71.